The van der Waals surface area contributed by atoms with Gasteiger partial charge < -0.3 is 20.1 Å². The van der Waals surface area contributed by atoms with Crippen molar-refractivity contribution in [2.24, 2.45) is 0 Å². The molecule has 0 atom stereocenters. The maximum atomic E-state index is 11.6. The zero-order valence-corrected chi connectivity index (χ0v) is 12.4. The van der Waals surface area contributed by atoms with Crippen LogP contribution in [0.3, 0.4) is 0 Å². The number of anilines is 1. The van der Waals surface area contributed by atoms with Gasteiger partial charge in [-0.3, -0.25) is 4.79 Å². The first-order valence-electron chi connectivity index (χ1n) is 6.29. The number of methoxy groups -OCH3 is 1. The number of nitrogens with zero attached hydrogens (tertiary/aromatic N) is 1. The number of thiazole rings is 1. The summed E-state index contributed by atoms with van der Waals surface area (Å²) in [5.41, 5.74) is 1.82. The van der Waals surface area contributed by atoms with Gasteiger partial charge in [0.05, 0.1) is 18.7 Å². The van der Waals surface area contributed by atoms with Gasteiger partial charge in [-0.15, -0.1) is 11.3 Å². The highest BCUT2D eigenvalue weighted by Crippen LogP contribution is 2.20. The van der Waals surface area contributed by atoms with E-state index in [9.17, 15) is 9.59 Å². The summed E-state index contributed by atoms with van der Waals surface area (Å²) in [6.45, 7) is 3.44. The van der Waals surface area contributed by atoms with Gasteiger partial charge in [-0.2, -0.15) is 0 Å². The number of amides is 1. The molecule has 1 aromatic heterocycles. The monoisotopic (exact) mass is 301 g/mol. The predicted octanol–water partition coefficient (Wildman–Crippen LogP) is 0.884. The number of carbonyl (C=O) groups excluding carboxylic acids is 2. The molecule has 0 unspecified atom stereocenters. The molecular weight excluding hydrogens is 282 g/mol. The Bertz CT molecular complexity index is 436. The third kappa shape index (κ3) is 5.54. The fourth-order valence-corrected chi connectivity index (χ4v) is 2.08. The highest BCUT2D eigenvalue weighted by atomic mass is 32.1. The van der Waals surface area contributed by atoms with Crippen LogP contribution in [-0.4, -0.2) is 50.3 Å². The fraction of sp³-hybridized carbons (Fsp3) is 0.583. The lowest BCUT2D eigenvalue weighted by Gasteiger charge is -2.07. The van der Waals surface area contributed by atoms with E-state index in [1.807, 2.05) is 0 Å². The van der Waals surface area contributed by atoms with E-state index in [0.29, 0.717) is 37.7 Å². The van der Waals surface area contributed by atoms with Crippen LogP contribution in [0.15, 0.2) is 5.51 Å². The van der Waals surface area contributed by atoms with Crippen LogP contribution in [0.1, 0.15) is 23.8 Å². The van der Waals surface area contributed by atoms with Crippen molar-refractivity contribution < 1.29 is 19.1 Å². The maximum Gasteiger partial charge on any atom is 0.360 e. The van der Waals surface area contributed by atoms with Crippen LogP contribution in [0, 0.1) is 0 Å². The molecule has 0 aromatic carbocycles. The Morgan fingerprint density at radius 2 is 2.20 bits per heavy atom. The van der Waals surface area contributed by atoms with Gasteiger partial charge in [0.15, 0.2) is 5.69 Å². The largest absolute Gasteiger partial charge is 0.461 e. The van der Waals surface area contributed by atoms with Crippen molar-refractivity contribution >= 4 is 28.2 Å². The van der Waals surface area contributed by atoms with Crippen LogP contribution >= 0.6 is 11.3 Å². The van der Waals surface area contributed by atoms with E-state index >= 15 is 0 Å². The van der Waals surface area contributed by atoms with Crippen molar-refractivity contribution in [3.8, 4) is 0 Å². The minimum absolute atomic E-state index is 0.0725. The molecule has 0 saturated carbocycles. The number of aromatic nitrogens is 1. The first-order valence-corrected chi connectivity index (χ1v) is 7.17. The van der Waals surface area contributed by atoms with E-state index in [2.05, 4.69) is 15.6 Å². The van der Waals surface area contributed by atoms with E-state index in [0.717, 1.165) is 0 Å². The molecule has 0 radical (unpaired) electrons. The minimum atomic E-state index is -0.458. The molecule has 8 heteroatoms. The second kappa shape index (κ2) is 9.27. The van der Waals surface area contributed by atoms with Gasteiger partial charge in [0, 0.05) is 26.6 Å². The molecule has 0 spiro atoms. The van der Waals surface area contributed by atoms with Gasteiger partial charge in [-0.25, -0.2) is 9.78 Å². The zero-order valence-electron chi connectivity index (χ0n) is 11.6. The summed E-state index contributed by atoms with van der Waals surface area (Å²) >= 11 is 1.30. The third-order valence-corrected chi connectivity index (χ3v) is 3.09. The zero-order chi connectivity index (χ0) is 14.8. The Balaban J connectivity index is 2.33. The lowest BCUT2D eigenvalue weighted by atomic mass is 10.4. The number of nitrogens with one attached hydrogen (secondary N) is 2. The van der Waals surface area contributed by atoms with Crippen molar-refractivity contribution in [3.05, 3.63) is 11.2 Å². The Kier molecular flexibility index (Phi) is 7.59. The highest BCUT2D eigenvalue weighted by molar-refractivity contribution is 7.14. The summed E-state index contributed by atoms with van der Waals surface area (Å²) in [4.78, 5) is 27.0. The molecule has 1 heterocycles. The second-order valence-corrected chi connectivity index (χ2v) is 4.62. The molecule has 1 aromatic rings. The normalized spacial score (nSPS) is 10.1. The standard InChI is InChI=1S/C12H19N3O4S/c1-3-19-12(17)10-11(20-8-15-10)14-5-4-9(16)13-6-7-18-2/h8,14H,3-7H2,1-2H3,(H,13,16). The molecule has 0 fully saturated rings. The summed E-state index contributed by atoms with van der Waals surface area (Å²) in [6.07, 6.45) is 0.309. The number of hydrogen-bond donors (Lipinski definition) is 2. The van der Waals surface area contributed by atoms with Crippen LogP contribution in [0.5, 0.6) is 0 Å². The summed E-state index contributed by atoms with van der Waals surface area (Å²) < 4.78 is 9.72. The predicted molar refractivity (Wildman–Crippen MR) is 76.1 cm³/mol. The van der Waals surface area contributed by atoms with Crippen LogP contribution in [0.25, 0.3) is 0 Å². The molecule has 0 aliphatic rings. The number of esters is 1. The molecule has 20 heavy (non-hydrogen) atoms. The van der Waals surface area contributed by atoms with Gasteiger partial charge in [0.1, 0.15) is 5.00 Å². The van der Waals surface area contributed by atoms with Gasteiger partial charge >= 0.3 is 5.97 Å². The van der Waals surface area contributed by atoms with E-state index < -0.39 is 5.97 Å². The summed E-state index contributed by atoms with van der Waals surface area (Å²) in [5, 5.41) is 6.35. The van der Waals surface area contributed by atoms with Crippen molar-refractivity contribution in [1.82, 2.24) is 10.3 Å². The van der Waals surface area contributed by atoms with Crippen LogP contribution < -0.4 is 10.6 Å². The molecule has 1 amide bonds. The molecule has 0 bridgehead atoms. The lowest BCUT2D eigenvalue weighted by molar-refractivity contribution is -0.121. The van der Waals surface area contributed by atoms with Crippen molar-refractivity contribution in [2.75, 3.05) is 38.7 Å². The molecule has 0 aliphatic carbocycles. The van der Waals surface area contributed by atoms with Crippen molar-refractivity contribution in [2.45, 2.75) is 13.3 Å². The van der Waals surface area contributed by atoms with E-state index in [4.69, 9.17) is 9.47 Å². The van der Waals surface area contributed by atoms with Crippen molar-refractivity contribution in [1.29, 1.82) is 0 Å². The number of carbonyl (C=O) groups is 2. The third-order valence-electron chi connectivity index (χ3n) is 2.30. The summed E-state index contributed by atoms with van der Waals surface area (Å²) in [7, 11) is 1.58. The van der Waals surface area contributed by atoms with E-state index in [1.165, 1.54) is 11.3 Å². The minimum Gasteiger partial charge on any atom is -0.461 e. The second-order valence-electron chi connectivity index (χ2n) is 3.77. The number of ether oxygens (including phenoxy) is 2. The Morgan fingerprint density at radius 1 is 1.40 bits per heavy atom. The summed E-state index contributed by atoms with van der Waals surface area (Å²) in [6, 6.07) is 0. The molecule has 0 saturated heterocycles. The lowest BCUT2D eigenvalue weighted by Crippen LogP contribution is -2.28. The quantitative estimate of drug-likeness (QED) is 0.520. The molecule has 0 aliphatic heterocycles. The van der Waals surface area contributed by atoms with Gasteiger partial charge in [0.25, 0.3) is 0 Å². The highest BCUT2D eigenvalue weighted by Gasteiger charge is 2.15. The molecular formula is C12H19N3O4S. The average molecular weight is 301 g/mol. The van der Waals surface area contributed by atoms with Gasteiger partial charge in [-0.05, 0) is 6.92 Å². The topological polar surface area (TPSA) is 89.5 Å². The Labute approximate surface area is 121 Å². The molecule has 7 nitrogen and oxygen atoms in total. The number of rotatable bonds is 9. The average Bonchev–Trinajstić information content (AvgIpc) is 2.88. The smallest absolute Gasteiger partial charge is 0.360 e. The molecule has 112 valence electrons. The first-order chi connectivity index (χ1) is 9.69. The first kappa shape index (κ1) is 16.4. The van der Waals surface area contributed by atoms with Crippen LogP contribution in [0.2, 0.25) is 0 Å². The molecule has 1 rings (SSSR count). The number of hydrogen-bond acceptors (Lipinski definition) is 7. The molecule has 2 N–H and O–H groups in total. The SMILES string of the molecule is CCOC(=O)c1ncsc1NCCC(=O)NCCOC. The van der Waals surface area contributed by atoms with Gasteiger partial charge in [-0.1, -0.05) is 0 Å². The van der Waals surface area contributed by atoms with E-state index in [1.54, 1.807) is 19.5 Å². The van der Waals surface area contributed by atoms with Gasteiger partial charge in [0.2, 0.25) is 5.91 Å². The Morgan fingerprint density at radius 3 is 2.90 bits per heavy atom. The van der Waals surface area contributed by atoms with Crippen LogP contribution in [0.4, 0.5) is 5.00 Å². The van der Waals surface area contributed by atoms with E-state index in [-0.39, 0.29) is 11.6 Å². The van der Waals surface area contributed by atoms with Crippen LogP contribution in [-0.2, 0) is 14.3 Å². The maximum absolute atomic E-state index is 11.6. The Hall–Kier alpha value is -1.67. The van der Waals surface area contributed by atoms with Crippen molar-refractivity contribution in [3.63, 3.8) is 0 Å². The summed E-state index contributed by atoms with van der Waals surface area (Å²) in [5.74, 6) is -0.530. The fourth-order valence-electron chi connectivity index (χ4n) is 1.39.